The molecule has 0 aromatic heterocycles. The van der Waals surface area contributed by atoms with Gasteiger partial charge in [0.15, 0.2) is 0 Å². The topological polar surface area (TPSA) is 34.3 Å². The van der Waals surface area contributed by atoms with E-state index in [4.69, 9.17) is 5.11 Å². The summed E-state index contributed by atoms with van der Waals surface area (Å²) >= 11 is 0. The second-order valence-electron chi connectivity index (χ2n) is 2.55. The van der Waals surface area contributed by atoms with Gasteiger partial charge in [0.2, 0.25) is 0 Å². The molecule has 1 atom stereocenters. The van der Waals surface area contributed by atoms with Gasteiger partial charge in [0.1, 0.15) is 6.23 Å². The van der Waals surface area contributed by atoms with Crippen LogP contribution in [-0.4, -0.2) is 11.3 Å². The lowest BCUT2D eigenvalue weighted by Crippen LogP contribution is -2.12. The van der Waals surface area contributed by atoms with Crippen molar-refractivity contribution >= 4 is 5.69 Å². The molecule has 0 aliphatic carbocycles. The predicted molar refractivity (Wildman–Crippen MR) is 44.7 cm³/mol. The van der Waals surface area contributed by atoms with Crippen molar-refractivity contribution in [3.63, 3.8) is 0 Å². The normalized spacial score (nSPS) is 12.6. The number of aliphatic hydroxyl groups is 1. The van der Waals surface area contributed by atoms with Crippen LogP contribution in [0.25, 0.3) is 0 Å². The molecule has 2 heteroatoms. The molecule has 0 aliphatic rings. The molecule has 0 fully saturated rings. The summed E-state index contributed by atoms with van der Waals surface area (Å²) in [5, 5.41) is 13.0. The molecule has 59 valence electrons. The minimum Gasteiger partial charge on any atom is -0.372 e. The molecule has 1 radical (unpaired) electrons. The monoisotopic (exact) mass is 150 g/mol. The summed E-state index contributed by atoms with van der Waals surface area (Å²) < 4.78 is 0. The van der Waals surface area contributed by atoms with Crippen LogP contribution in [0.15, 0.2) is 24.3 Å². The highest BCUT2D eigenvalue weighted by molar-refractivity contribution is 5.43. The van der Waals surface area contributed by atoms with Crippen molar-refractivity contribution in [2.75, 3.05) is 0 Å². The highest BCUT2D eigenvalue weighted by Crippen LogP contribution is 2.13. The third-order valence-corrected chi connectivity index (χ3v) is 1.44. The minimum absolute atomic E-state index is 0.615. The summed E-state index contributed by atoms with van der Waals surface area (Å²) in [5.41, 5.74) is 1.95. The largest absolute Gasteiger partial charge is 0.372 e. The fourth-order valence-corrected chi connectivity index (χ4v) is 0.910. The lowest BCUT2D eigenvalue weighted by molar-refractivity contribution is 0.172. The molecule has 1 N–H and O–H groups in total. The molecule has 1 rings (SSSR count). The Morgan fingerprint density at radius 2 is 2.00 bits per heavy atom. The lowest BCUT2D eigenvalue weighted by Gasteiger charge is -2.07. The van der Waals surface area contributed by atoms with E-state index in [1.807, 2.05) is 31.2 Å². The summed E-state index contributed by atoms with van der Waals surface area (Å²) in [6, 6.07) is 7.73. The third-order valence-electron chi connectivity index (χ3n) is 1.44. The Bertz CT molecular complexity index is 233. The molecule has 1 unspecified atom stereocenters. The highest BCUT2D eigenvalue weighted by Gasteiger charge is 2.00. The van der Waals surface area contributed by atoms with Crippen molar-refractivity contribution in [2.24, 2.45) is 0 Å². The Morgan fingerprint density at radius 1 is 1.36 bits per heavy atom. The predicted octanol–water partition coefficient (Wildman–Crippen LogP) is 1.57. The Hall–Kier alpha value is -1.02. The van der Waals surface area contributed by atoms with Gasteiger partial charge < -0.3 is 5.11 Å². The smallest absolute Gasteiger partial charge is 0.143 e. The van der Waals surface area contributed by atoms with Crippen LogP contribution in [0.2, 0.25) is 0 Å². The van der Waals surface area contributed by atoms with Crippen LogP contribution in [0.1, 0.15) is 12.5 Å². The van der Waals surface area contributed by atoms with Gasteiger partial charge in [0, 0.05) is 0 Å². The first kappa shape index (κ1) is 8.08. The number of benzene rings is 1. The van der Waals surface area contributed by atoms with E-state index in [0.717, 1.165) is 11.3 Å². The zero-order valence-electron chi connectivity index (χ0n) is 6.78. The number of hydrogen-bond acceptors (Lipinski definition) is 1. The number of nitrogens with zero attached hydrogens (tertiary/aromatic N) is 1. The molecule has 1 aromatic rings. The maximum absolute atomic E-state index is 8.96. The highest BCUT2D eigenvalue weighted by atomic mass is 16.3. The molecule has 2 nitrogen and oxygen atoms in total. The standard InChI is InChI=1S/C9H12NO/c1-7-5-3-4-6-9(7)10-8(2)11/h3-6,8,11H,1-2H3. The van der Waals surface area contributed by atoms with Crippen molar-refractivity contribution < 1.29 is 5.11 Å². The average molecular weight is 150 g/mol. The summed E-state index contributed by atoms with van der Waals surface area (Å²) in [4.78, 5) is 0. The molecule has 0 saturated heterocycles. The molecule has 0 aliphatic heterocycles. The van der Waals surface area contributed by atoms with Crippen LogP contribution in [0, 0.1) is 6.92 Å². The van der Waals surface area contributed by atoms with Gasteiger partial charge in [-0.1, -0.05) is 18.2 Å². The second-order valence-corrected chi connectivity index (χ2v) is 2.55. The Labute approximate surface area is 66.9 Å². The summed E-state index contributed by atoms with van der Waals surface area (Å²) in [7, 11) is 0. The first-order chi connectivity index (χ1) is 5.20. The number of aliphatic hydroxyl groups excluding tert-OH is 1. The molecular weight excluding hydrogens is 138 g/mol. The van der Waals surface area contributed by atoms with Gasteiger partial charge in [-0.05, 0) is 25.5 Å². The van der Waals surface area contributed by atoms with Gasteiger partial charge in [0.25, 0.3) is 0 Å². The number of rotatable bonds is 2. The fourth-order valence-electron chi connectivity index (χ4n) is 0.910. The van der Waals surface area contributed by atoms with Crippen LogP contribution < -0.4 is 5.32 Å². The van der Waals surface area contributed by atoms with E-state index in [0.29, 0.717) is 0 Å². The van der Waals surface area contributed by atoms with Gasteiger partial charge >= 0.3 is 0 Å². The van der Waals surface area contributed by atoms with Gasteiger partial charge in [-0.15, -0.1) is 0 Å². The van der Waals surface area contributed by atoms with E-state index >= 15 is 0 Å². The molecule has 0 heterocycles. The van der Waals surface area contributed by atoms with Crippen LogP contribution in [0.4, 0.5) is 5.69 Å². The molecule has 0 spiro atoms. The lowest BCUT2D eigenvalue weighted by atomic mass is 10.2. The molecule has 0 amide bonds. The zero-order valence-corrected chi connectivity index (χ0v) is 6.78. The summed E-state index contributed by atoms with van der Waals surface area (Å²) in [6.45, 7) is 3.62. The average Bonchev–Trinajstić information content (AvgIpc) is 1.93. The van der Waals surface area contributed by atoms with Crippen molar-refractivity contribution in [1.29, 1.82) is 0 Å². The van der Waals surface area contributed by atoms with Crippen LogP contribution in [-0.2, 0) is 0 Å². The molecule has 1 aromatic carbocycles. The molecule has 0 bridgehead atoms. The fraction of sp³-hybridized carbons (Fsp3) is 0.333. The number of hydrogen-bond donors (Lipinski definition) is 1. The van der Waals surface area contributed by atoms with Gasteiger partial charge in [-0.3, -0.25) is 5.32 Å². The van der Waals surface area contributed by atoms with Crippen molar-refractivity contribution in [3.05, 3.63) is 29.8 Å². The zero-order chi connectivity index (χ0) is 8.27. The van der Waals surface area contributed by atoms with Gasteiger partial charge in [-0.25, -0.2) is 0 Å². The molecule has 11 heavy (non-hydrogen) atoms. The van der Waals surface area contributed by atoms with Crippen LogP contribution in [0.5, 0.6) is 0 Å². The summed E-state index contributed by atoms with van der Waals surface area (Å²) in [5.74, 6) is 0. The van der Waals surface area contributed by atoms with E-state index in [1.165, 1.54) is 0 Å². The maximum Gasteiger partial charge on any atom is 0.143 e. The Kier molecular flexibility index (Phi) is 2.49. The quantitative estimate of drug-likeness (QED) is 0.682. The van der Waals surface area contributed by atoms with Crippen LogP contribution in [0.3, 0.4) is 0 Å². The van der Waals surface area contributed by atoms with E-state index in [-0.39, 0.29) is 0 Å². The van der Waals surface area contributed by atoms with E-state index < -0.39 is 6.23 Å². The third kappa shape index (κ3) is 2.24. The van der Waals surface area contributed by atoms with E-state index in [2.05, 4.69) is 5.32 Å². The van der Waals surface area contributed by atoms with Gasteiger partial charge in [0.05, 0.1) is 5.69 Å². The van der Waals surface area contributed by atoms with Crippen molar-refractivity contribution in [2.45, 2.75) is 20.1 Å². The maximum atomic E-state index is 8.96. The van der Waals surface area contributed by atoms with E-state index in [1.54, 1.807) is 6.92 Å². The Morgan fingerprint density at radius 3 is 2.55 bits per heavy atom. The van der Waals surface area contributed by atoms with Crippen LogP contribution >= 0.6 is 0 Å². The first-order valence-electron chi connectivity index (χ1n) is 3.64. The summed E-state index contributed by atoms with van der Waals surface area (Å²) in [6.07, 6.45) is -0.615. The second kappa shape index (κ2) is 3.39. The molecular formula is C9H12NO. The number of para-hydroxylation sites is 1. The van der Waals surface area contributed by atoms with Crippen molar-refractivity contribution in [1.82, 2.24) is 5.32 Å². The SMILES string of the molecule is Cc1ccccc1[N]C(C)O. The van der Waals surface area contributed by atoms with Gasteiger partial charge in [-0.2, -0.15) is 0 Å². The first-order valence-corrected chi connectivity index (χ1v) is 3.64. The van der Waals surface area contributed by atoms with E-state index in [9.17, 15) is 0 Å². The Balaban J connectivity index is 2.78. The molecule has 0 saturated carbocycles. The van der Waals surface area contributed by atoms with Crippen molar-refractivity contribution in [3.8, 4) is 0 Å². The minimum atomic E-state index is -0.615. The number of aryl methyl sites for hydroxylation is 1.